The monoisotopic (exact) mass is 544 g/mol. The molecule has 0 radical (unpaired) electrons. The average molecular weight is 545 g/mol. The summed E-state index contributed by atoms with van der Waals surface area (Å²) < 4.78 is 86.2. The average Bonchev–Trinajstić information content (AvgIpc) is 2.85. The molecule has 0 spiro atoms. The molecule has 0 unspecified atom stereocenters. The van der Waals surface area contributed by atoms with E-state index in [4.69, 9.17) is 4.74 Å². The summed E-state index contributed by atoms with van der Waals surface area (Å²) in [5, 5.41) is 2.64. The summed E-state index contributed by atoms with van der Waals surface area (Å²) in [4.78, 5) is 25.5. The van der Waals surface area contributed by atoms with Crippen molar-refractivity contribution in [2.24, 2.45) is 0 Å². The van der Waals surface area contributed by atoms with Crippen LogP contribution in [0.2, 0.25) is 0 Å². The summed E-state index contributed by atoms with van der Waals surface area (Å²) in [5.41, 5.74) is -2.16. The highest BCUT2D eigenvalue weighted by molar-refractivity contribution is 5.76. The largest absolute Gasteiger partial charge is 0.416 e. The summed E-state index contributed by atoms with van der Waals surface area (Å²) in [7, 11) is 0. The van der Waals surface area contributed by atoms with Crippen molar-refractivity contribution in [3.63, 3.8) is 0 Å². The Hall–Kier alpha value is -3.08. The minimum Gasteiger partial charge on any atom is -0.370 e. The number of nitrogens with one attached hydrogen (secondary N) is 1. The maximum Gasteiger partial charge on any atom is 0.416 e. The number of likely N-dealkylation sites (tertiary alicyclic amines) is 1. The second kappa shape index (κ2) is 12.2. The summed E-state index contributed by atoms with van der Waals surface area (Å²) in [6.45, 7) is 3.81. The van der Waals surface area contributed by atoms with Crippen LogP contribution in [0.15, 0.2) is 48.5 Å². The van der Waals surface area contributed by atoms with E-state index in [1.54, 1.807) is 4.90 Å². The second-order valence-corrected chi connectivity index (χ2v) is 9.39. The third-order valence-electron chi connectivity index (χ3n) is 6.53. The molecule has 2 aromatic rings. The predicted octanol–water partition coefficient (Wildman–Crippen LogP) is 6.10. The van der Waals surface area contributed by atoms with Gasteiger partial charge in [-0.25, -0.2) is 0 Å². The van der Waals surface area contributed by atoms with Crippen LogP contribution in [0.25, 0.3) is 0 Å². The SMILES string of the molecule is CC(=O)NCCCC(=O)N1CC[C@H](O[C@H](C)c2cc(C(F)(F)F)cc(C(F)(F)F)c2)[C@H](c2ccccc2)C1. The molecule has 1 heterocycles. The lowest BCUT2D eigenvalue weighted by molar-refractivity contribution is -0.143. The maximum absolute atomic E-state index is 13.3. The van der Waals surface area contributed by atoms with Crippen molar-refractivity contribution in [1.82, 2.24) is 10.2 Å². The molecule has 0 aliphatic carbocycles. The first kappa shape index (κ1) is 29.5. The van der Waals surface area contributed by atoms with Crippen LogP contribution in [0.5, 0.6) is 0 Å². The molecule has 1 saturated heterocycles. The van der Waals surface area contributed by atoms with Crippen molar-refractivity contribution < 1.29 is 40.7 Å². The third-order valence-corrected chi connectivity index (χ3v) is 6.53. The lowest BCUT2D eigenvalue weighted by atomic mass is 9.87. The van der Waals surface area contributed by atoms with Gasteiger partial charge in [0.1, 0.15) is 0 Å². The summed E-state index contributed by atoms with van der Waals surface area (Å²) in [6.07, 6.45) is -10.4. The van der Waals surface area contributed by atoms with Gasteiger partial charge in [0, 0.05) is 38.9 Å². The first-order valence-corrected chi connectivity index (χ1v) is 12.3. The molecule has 3 rings (SSSR count). The van der Waals surface area contributed by atoms with Crippen LogP contribution in [-0.4, -0.2) is 42.5 Å². The first-order valence-electron chi connectivity index (χ1n) is 12.3. The quantitative estimate of drug-likeness (QED) is 0.323. The normalized spacial score (nSPS) is 19.2. The van der Waals surface area contributed by atoms with Gasteiger partial charge in [-0.05, 0) is 49.1 Å². The molecule has 0 aromatic heterocycles. The zero-order valence-electron chi connectivity index (χ0n) is 21.0. The van der Waals surface area contributed by atoms with Crippen LogP contribution in [0.4, 0.5) is 26.3 Å². The van der Waals surface area contributed by atoms with Crippen LogP contribution in [-0.2, 0) is 26.7 Å². The Bertz CT molecular complexity index is 1070. The smallest absolute Gasteiger partial charge is 0.370 e. The van der Waals surface area contributed by atoms with E-state index in [0.717, 1.165) is 5.56 Å². The van der Waals surface area contributed by atoms with E-state index in [2.05, 4.69) is 5.32 Å². The number of alkyl halides is 6. The minimum absolute atomic E-state index is 0.0963. The number of benzene rings is 2. The molecule has 3 atom stereocenters. The van der Waals surface area contributed by atoms with Gasteiger partial charge >= 0.3 is 12.4 Å². The molecule has 208 valence electrons. The molecule has 38 heavy (non-hydrogen) atoms. The number of ether oxygens (including phenoxy) is 1. The number of halogens is 6. The van der Waals surface area contributed by atoms with Gasteiger partial charge in [-0.1, -0.05) is 30.3 Å². The lowest BCUT2D eigenvalue weighted by Gasteiger charge is -2.40. The van der Waals surface area contributed by atoms with E-state index >= 15 is 0 Å². The first-order chi connectivity index (χ1) is 17.8. The van der Waals surface area contributed by atoms with E-state index in [1.165, 1.54) is 13.8 Å². The van der Waals surface area contributed by atoms with Crippen LogP contribution >= 0.6 is 0 Å². The Balaban J connectivity index is 1.79. The number of nitrogens with zero attached hydrogens (tertiary/aromatic N) is 1. The fraction of sp³-hybridized carbons (Fsp3) is 0.481. The highest BCUT2D eigenvalue weighted by Crippen LogP contribution is 2.39. The molecule has 1 aliphatic rings. The molecule has 5 nitrogen and oxygen atoms in total. The zero-order valence-corrected chi connectivity index (χ0v) is 21.0. The van der Waals surface area contributed by atoms with Gasteiger partial charge in [-0.3, -0.25) is 9.59 Å². The van der Waals surface area contributed by atoms with Crippen LogP contribution < -0.4 is 5.32 Å². The van der Waals surface area contributed by atoms with E-state index in [-0.39, 0.29) is 42.3 Å². The molecule has 2 aromatic carbocycles. The fourth-order valence-corrected chi connectivity index (χ4v) is 4.56. The molecular weight excluding hydrogens is 514 g/mol. The Morgan fingerprint density at radius 2 is 1.63 bits per heavy atom. The van der Waals surface area contributed by atoms with Gasteiger partial charge < -0.3 is 15.0 Å². The zero-order chi connectivity index (χ0) is 28.1. The highest BCUT2D eigenvalue weighted by atomic mass is 19.4. The number of carbonyl (C=O) groups is 2. The van der Waals surface area contributed by atoms with Crippen molar-refractivity contribution in [3.8, 4) is 0 Å². The van der Waals surface area contributed by atoms with Crippen molar-refractivity contribution >= 4 is 11.8 Å². The van der Waals surface area contributed by atoms with Gasteiger partial charge in [-0.2, -0.15) is 26.3 Å². The number of rotatable bonds is 8. The van der Waals surface area contributed by atoms with E-state index < -0.39 is 35.7 Å². The summed E-state index contributed by atoms with van der Waals surface area (Å²) in [5.74, 6) is -0.619. The van der Waals surface area contributed by atoms with Crippen molar-refractivity contribution in [1.29, 1.82) is 0 Å². The van der Waals surface area contributed by atoms with Gasteiger partial charge in [-0.15, -0.1) is 0 Å². The Kier molecular flexibility index (Phi) is 9.45. The molecule has 1 N–H and O–H groups in total. The van der Waals surface area contributed by atoms with Crippen LogP contribution in [0.1, 0.15) is 67.4 Å². The van der Waals surface area contributed by atoms with E-state index in [1.807, 2.05) is 30.3 Å². The fourth-order valence-electron chi connectivity index (χ4n) is 4.56. The van der Waals surface area contributed by atoms with E-state index in [9.17, 15) is 35.9 Å². The number of hydrogen-bond donors (Lipinski definition) is 1. The number of amides is 2. The van der Waals surface area contributed by atoms with Crippen molar-refractivity contribution in [2.75, 3.05) is 19.6 Å². The number of piperidine rings is 1. The summed E-state index contributed by atoms with van der Waals surface area (Å²) >= 11 is 0. The number of carbonyl (C=O) groups excluding carboxylic acids is 2. The highest BCUT2D eigenvalue weighted by Gasteiger charge is 2.38. The van der Waals surface area contributed by atoms with Crippen LogP contribution in [0, 0.1) is 0 Å². The minimum atomic E-state index is -4.95. The Labute approximate surface area is 217 Å². The number of hydrogen-bond acceptors (Lipinski definition) is 3. The molecule has 11 heteroatoms. The molecular formula is C27H30F6N2O3. The molecule has 2 amide bonds. The third kappa shape index (κ3) is 7.96. The van der Waals surface area contributed by atoms with Gasteiger partial charge in [0.2, 0.25) is 11.8 Å². The van der Waals surface area contributed by atoms with Gasteiger partial charge in [0.05, 0.1) is 23.3 Å². The summed E-state index contributed by atoms with van der Waals surface area (Å²) in [6, 6.07) is 10.6. The van der Waals surface area contributed by atoms with Crippen molar-refractivity contribution in [3.05, 3.63) is 70.8 Å². The molecule has 0 bridgehead atoms. The lowest BCUT2D eigenvalue weighted by Crippen LogP contribution is -2.46. The Morgan fingerprint density at radius 1 is 1.03 bits per heavy atom. The van der Waals surface area contributed by atoms with Gasteiger partial charge in [0.25, 0.3) is 0 Å². The second-order valence-electron chi connectivity index (χ2n) is 9.39. The van der Waals surface area contributed by atoms with Crippen molar-refractivity contribution in [2.45, 2.75) is 63.6 Å². The standard InChI is InChI=1S/C27H30F6N2O3/c1-17(20-13-21(26(28,29)30)15-22(14-20)27(31,32)33)38-24-10-12-35(25(37)9-6-11-34-18(2)36)16-23(24)19-7-4-3-5-8-19/h3-5,7-8,13-15,17,23-24H,6,9-12,16H2,1-2H3,(H,34,36)/t17-,23+,24+/m1/s1. The van der Waals surface area contributed by atoms with E-state index in [0.29, 0.717) is 38.1 Å². The Morgan fingerprint density at radius 3 is 2.18 bits per heavy atom. The predicted molar refractivity (Wildman–Crippen MR) is 128 cm³/mol. The molecule has 1 aliphatic heterocycles. The molecule has 0 saturated carbocycles. The van der Waals surface area contributed by atoms with Crippen LogP contribution in [0.3, 0.4) is 0 Å². The van der Waals surface area contributed by atoms with Gasteiger partial charge in [0.15, 0.2) is 0 Å². The maximum atomic E-state index is 13.3. The molecule has 1 fully saturated rings. The topological polar surface area (TPSA) is 58.6 Å².